The average Bonchev–Trinajstić information content (AvgIpc) is 3.24. The van der Waals surface area contributed by atoms with Crippen LogP contribution < -0.4 is 16.0 Å². The predicted molar refractivity (Wildman–Crippen MR) is 129 cm³/mol. The van der Waals surface area contributed by atoms with E-state index in [1.807, 2.05) is 6.07 Å². The summed E-state index contributed by atoms with van der Waals surface area (Å²) in [6.07, 6.45) is 1.34. The minimum absolute atomic E-state index is 0.188. The molecule has 3 N–H and O–H groups in total. The van der Waals surface area contributed by atoms with Gasteiger partial charge in [0.2, 0.25) is 5.70 Å². The minimum Gasteiger partial charge on any atom is -0.386 e. The summed E-state index contributed by atoms with van der Waals surface area (Å²) in [5.74, 6) is -0.653. The molecule has 0 radical (unpaired) electrons. The molecule has 0 unspecified atom stereocenters. The lowest BCUT2D eigenvalue weighted by Gasteiger charge is -2.22. The number of halogens is 1. The third kappa shape index (κ3) is 4.14. The number of rotatable bonds is 7. The molecule has 2 aromatic heterocycles. The summed E-state index contributed by atoms with van der Waals surface area (Å²) in [4.78, 5) is 25.9. The molecule has 0 aliphatic carbocycles. The van der Waals surface area contributed by atoms with Crippen molar-refractivity contribution in [2.24, 2.45) is 0 Å². The van der Waals surface area contributed by atoms with Crippen LogP contribution in [0.15, 0.2) is 67.1 Å². The van der Waals surface area contributed by atoms with Crippen LogP contribution in [0.2, 0.25) is 0 Å². The second kappa shape index (κ2) is 9.38. The monoisotopic (exact) mass is 456 g/mol. The lowest BCUT2D eigenvalue weighted by Crippen LogP contribution is -2.34. The van der Waals surface area contributed by atoms with E-state index in [2.05, 4.69) is 31.8 Å². The fraction of sp³-hybridized carbons (Fsp3) is 0.125. The zero-order valence-electron chi connectivity index (χ0n) is 18.4. The molecule has 0 aliphatic rings. The van der Waals surface area contributed by atoms with Crippen LogP contribution in [0.25, 0.3) is 27.1 Å². The predicted octanol–water partition coefficient (Wildman–Crippen LogP) is 3.72. The van der Waals surface area contributed by atoms with E-state index in [-0.39, 0.29) is 24.6 Å². The molecule has 2 heterocycles. The van der Waals surface area contributed by atoms with Crippen molar-refractivity contribution in [2.45, 2.75) is 6.54 Å². The third-order valence-corrected chi connectivity index (χ3v) is 5.30. The van der Waals surface area contributed by atoms with Crippen LogP contribution in [-0.2, 0) is 11.3 Å². The van der Waals surface area contributed by atoms with Gasteiger partial charge in [-0.2, -0.15) is 5.10 Å². The van der Waals surface area contributed by atoms with Crippen molar-refractivity contribution >= 4 is 34.1 Å². The highest BCUT2D eigenvalue weighted by Crippen LogP contribution is 2.32. The molecule has 0 spiro atoms. The molecule has 4 aromatic rings. The maximum Gasteiger partial charge on any atom is 0.256 e. The molecule has 0 saturated heterocycles. The first kappa shape index (κ1) is 22.4. The quantitative estimate of drug-likeness (QED) is 0.324. The van der Waals surface area contributed by atoms with Crippen molar-refractivity contribution < 1.29 is 9.18 Å². The number of nitrogens with two attached hydrogens (primary N) is 1. The zero-order valence-corrected chi connectivity index (χ0v) is 18.4. The molecule has 0 atom stereocenters. The van der Waals surface area contributed by atoms with Crippen LogP contribution in [0, 0.1) is 12.4 Å². The molecule has 170 valence electrons. The number of para-hydroxylation sites is 1. The first-order chi connectivity index (χ1) is 16.4. The summed E-state index contributed by atoms with van der Waals surface area (Å²) in [5.41, 5.74) is 8.51. The van der Waals surface area contributed by atoms with Crippen LogP contribution in [0.5, 0.6) is 0 Å². The van der Waals surface area contributed by atoms with Gasteiger partial charge < -0.3 is 16.0 Å². The maximum atomic E-state index is 14.0. The first-order valence-corrected chi connectivity index (χ1v) is 10.3. The lowest BCUT2D eigenvalue weighted by atomic mass is 10.1. The van der Waals surface area contributed by atoms with Gasteiger partial charge in [-0.05, 0) is 30.3 Å². The first-order valence-electron chi connectivity index (χ1n) is 10.3. The second-order valence-electron chi connectivity index (χ2n) is 7.32. The van der Waals surface area contributed by atoms with Crippen molar-refractivity contribution in [1.82, 2.24) is 19.7 Å². The molecule has 34 heavy (non-hydrogen) atoms. The second-order valence-corrected chi connectivity index (χ2v) is 7.32. The molecule has 10 heteroatoms. The fourth-order valence-electron chi connectivity index (χ4n) is 3.61. The summed E-state index contributed by atoms with van der Waals surface area (Å²) < 4.78 is 15.6. The largest absolute Gasteiger partial charge is 0.386 e. The zero-order chi connectivity index (χ0) is 24.2. The van der Waals surface area contributed by atoms with Crippen LogP contribution in [0.4, 0.5) is 21.6 Å². The highest BCUT2D eigenvalue weighted by Gasteiger charge is 2.22. The number of nitrogens with zero attached hydrogens (tertiary/aromatic N) is 6. The number of carbonyl (C=O) groups is 1. The summed E-state index contributed by atoms with van der Waals surface area (Å²) in [5, 5.41) is 8.02. The van der Waals surface area contributed by atoms with Gasteiger partial charge in [0, 0.05) is 24.8 Å². The van der Waals surface area contributed by atoms with Gasteiger partial charge in [0.15, 0.2) is 5.65 Å². The molecule has 0 aliphatic heterocycles. The number of benzene rings is 2. The van der Waals surface area contributed by atoms with Crippen molar-refractivity contribution in [3.8, 4) is 11.3 Å². The van der Waals surface area contributed by atoms with E-state index in [4.69, 9.17) is 12.3 Å². The minimum atomic E-state index is -0.496. The normalized spacial score (nSPS) is 10.6. The number of hydrogen-bond acceptors (Lipinski definition) is 6. The van der Waals surface area contributed by atoms with Crippen molar-refractivity contribution in [2.75, 3.05) is 29.5 Å². The van der Waals surface area contributed by atoms with Gasteiger partial charge in [-0.15, -0.1) is 0 Å². The molecule has 1 amide bonds. The Morgan fingerprint density at radius 2 is 2.03 bits per heavy atom. The van der Waals surface area contributed by atoms with Gasteiger partial charge in [0.1, 0.15) is 23.7 Å². The Hall–Kier alpha value is -4.78. The Morgan fingerprint density at radius 3 is 2.74 bits per heavy atom. The van der Waals surface area contributed by atoms with Crippen molar-refractivity contribution in [3.63, 3.8) is 0 Å². The highest BCUT2D eigenvalue weighted by molar-refractivity contribution is 6.06. The average molecular weight is 456 g/mol. The summed E-state index contributed by atoms with van der Waals surface area (Å²) in [7, 11) is 1.63. The van der Waals surface area contributed by atoms with E-state index in [1.165, 1.54) is 17.3 Å². The molecule has 2 aromatic carbocycles. The summed E-state index contributed by atoms with van der Waals surface area (Å²) in [6.45, 7) is 11.2. The van der Waals surface area contributed by atoms with E-state index >= 15 is 0 Å². The molecule has 4 rings (SSSR count). The number of carbonyl (C=O) groups excluding carboxylic acids is 1. The highest BCUT2D eigenvalue weighted by atomic mass is 19.1. The standard InChI is InChI=1S/C24H21FN8O/c1-15(27-2)24(34)32(17-7-5-4-6-8-17)11-12-33-23-20(22(26)29-14-30-23)21(31-33)16-9-10-18(25)19(13-16)28-3/h4-10,13-14,28H,1,11-12H2,3H3,(H2,26,29,30). The van der Waals surface area contributed by atoms with Crippen molar-refractivity contribution in [1.29, 1.82) is 0 Å². The van der Waals surface area contributed by atoms with Gasteiger partial charge in [0.25, 0.3) is 5.91 Å². The van der Waals surface area contributed by atoms with Gasteiger partial charge in [-0.25, -0.2) is 23.9 Å². The Morgan fingerprint density at radius 1 is 1.26 bits per heavy atom. The van der Waals surface area contributed by atoms with Crippen molar-refractivity contribution in [3.05, 3.63) is 84.4 Å². The van der Waals surface area contributed by atoms with Crippen LogP contribution >= 0.6 is 0 Å². The molecule has 0 bridgehead atoms. The SMILES string of the molecule is [C-]#[N+]C(=C)C(=O)N(CCn1nc(-c2ccc(F)c(NC)c2)c2c(N)ncnc21)c1ccccc1. The number of nitrogen functional groups attached to an aromatic ring is 1. The fourth-order valence-corrected chi connectivity index (χ4v) is 3.61. The Labute approximate surface area is 195 Å². The molecule has 0 saturated carbocycles. The number of anilines is 3. The van der Waals surface area contributed by atoms with Gasteiger partial charge >= 0.3 is 0 Å². The van der Waals surface area contributed by atoms with E-state index in [1.54, 1.807) is 48.1 Å². The number of hydrogen-bond donors (Lipinski definition) is 2. The molecule has 9 nitrogen and oxygen atoms in total. The van der Waals surface area contributed by atoms with Crippen LogP contribution in [0.1, 0.15) is 0 Å². The van der Waals surface area contributed by atoms with Crippen LogP contribution in [0.3, 0.4) is 0 Å². The maximum absolute atomic E-state index is 14.0. The van der Waals surface area contributed by atoms with Gasteiger partial charge in [0.05, 0.1) is 24.2 Å². The van der Waals surface area contributed by atoms with E-state index < -0.39 is 11.7 Å². The van der Waals surface area contributed by atoms with Gasteiger partial charge in [-0.1, -0.05) is 24.8 Å². The number of fused-ring (bicyclic) bond motifs is 1. The van der Waals surface area contributed by atoms with Crippen LogP contribution in [-0.4, -0.2) is 39.2 Å². The number of aromatic nitrogens is 4. The molecule has 0 fully saturated rings. The Bertz CT molecular complexity index is 1420. The summed E-state index contributed by atoms with van der Waals surface area (Å²) in [6, 6.07) is 13.6. The molecular formula is C24H21FN8O. The topological polar surface area (TPSA) is 106 Å². The van der Waals surface area contributed by atoms with E-state index in [0.29, 0.717) is 33.7 Å². The smallest absolute Gasteiger partial charge is 0.256 e. The number of nitrogens with one attached hydrogen (secondary N) is 1. The van der Waals surface area contributed by atoms with E-state index in [0.717, 1.165) is 0 Å². The molecular weight excluding hydrogens is 435 g/mol. The lowest BCUT2D eigenvalue weighted by molar-refractivity contribution is -0.114. The van der Waals surface area contributed by atoms with Gasteiger partial charge in [-0.3, -0.25) is 4.79 Å². The Balaban J connectivity index is 1.75. The summed E-state index contributed by atoms with van der Waals surface area (Å²) >= 11 is 0. The number of amides is 1. The third-order valence-electron chi connectivity index (χ3n) is 5.30. The Kier molecular flexibility index (Phi) is 6.18. The van der Waals surface area contributed by atoms with E-state index in [9.17, 15) is 9.18 Å².